The number of carbonyl (C=O) groups is 1. The number of ether oxygens (including phenoxy) is 2. The molecule has 1 unspecified atom stereocenters. The molecule has 2 rings (SSSR count). The van der Waals surface area contributed by atoms with Gasteiger partial charge in [0.05, 0.1) is 6.61 Å². The second kappa shape index (κ2) is 5.32. The van der Waals surface area contributed by atoms with Crippen LogP contribution in [0.2, 0.25) is 0 Å². The van der Waals surface area contributed by atoms with E-state index in [4.69, 9.17) is 9.47 Å². The quantitative estimate of drug-likeness (QED) is 0.750. The minimum Gasteiger partial charge on any atom is -0.486 e. The van der Waals surface area contributed by atoms with E-state index >= 15 is 0 Å². The molecule has 1 fully saturated rings. The maximum absolute atomic E-state index is 10.4. The zero-order chi connectivity index (χ0) is 12.3. The van der Waals surface area contributed by atoms with Crippen molar-refractivity contribution in [1.29, 1.82) is 0 Å². The van der Waals surface area contributed by atoms with Gasteiger partial charge in [0, 0.05) is 18.1 Å². The van der Waals surface area contributed by atoms with E-state index in [1.165, 1.54) is 11.1 Å². The summed E-state index contributed by atoms with van der Waals surface area (Å²) in [6, 6.07) is 4.23. The highest BCUT2D eigenvalue weighted by Gasteiger charge is 2.22. The Hall–Kier alpha value is -1.35. The van der Waals surface area contributed by atoms with Crippen LogP contribution in [0.15, 0.2) is 12.1 Å². The lowest BCUT2D eigenvalue weighted by Gasteiger charge is -2.17. The van der Waals surface area contributed by atoms with E-state index in [2.05, 4.69) is 19.1 Å². The van der Waals surface area contributed by atoms with Gasteiger partial charge in [0.1, 0.15) is 12.4 Å². The lowest BCUT2D eigenvalue weighted by atomic mass is 9.93. The smallest absolute Gasteiger partial charge is 0.157 e. The first-order chi connectivity index (χ1) is 8.22. The number of aryl methyl sites for hydroxylation is 2. The molecule has 0 radical (unpaired) electrons. The molecule has 0 spiro atoms. The van der Waals surface area contributed by atoms with Gasteiger partial charge in [-0.1, -0.05) is 17.7 Å². The molecular weight excluding hydrogens is 216 g/mol. The van der Waals surface area contributed by atoms with Crippen LogP contribution in [0, 0.1) is 13.8 Å². The highest BCUT2D eigenvalue weighted by atomic mass is 16.5. The summed E-state index contributed by atoms with van der Waals surface area (Å²) < 4.78 is 11.0. The standard InChI is InChI=1S/C14H18O3/c1-10-7-11(2)14(17-6-4-15)13(8-10)12-3-5-16-9-12/h4,7-8,12H,3,5-6,9H2,1-2H3. The maximum Gasteiger partial charge on any atom is 0.157 e. The predicted octanol–water partition coefficient (Wildman–Crippen LogP) is 2.39. The number of hydrogen-bond donors (Lipinski definition) is 0. The summed E-state index contributed by atoms with van der Waals surface area (Å²) in [5.74, 6) is 1.26. The number of rotatable bonds is 4. The lowest BCUT2D eigenvalue weighted by Crippen LogP contribution is -2.07. The van der Waals surface area contributed by atoms with Crippen molar-refractivity contribution in [3.05, 3.63) is 28.8 Å². The van der Waals surface area contributed by atoms with Gasteiger partial charge in [0.2, 0.25) is 0 Å². The molecule has 1 aliphatic heterocycles. The molecule has 92 valence electrons. The highest BCUT2D eigenvalue weighted by molar-refractivity contribution is 5.53. The van der Waals surface area contributed by atoms with Crippen LogP contribution in [0.5, 0.6) is 5.75 Å². The summed E-state index contributed by atoms with van der Waals surface area (Å²) in [4.78, 5) is 10.4. The fraction of sp³-hybridized carbons (Fsp3) is 0.500. The number of aldehydes is 1. The van der Waals surface area contributed by atoms with Crippen LogP contribution in [-0.2, 0) is 9.53 Å². The van der Waals surface area contributed by atoms with Gasteiger partial charge in [0.15, 0.2) is 6.29 Å². The van der Waals surface area contributed by atoms with E-state index in [0.29, 0.717) is 5.92 Å². The van der Waals surface area contributed by atoms with Gasteiger partial charge >= 0.3 is 0 Å². The average Bonchev–Trinajstić information content (AvgIpc) is 2.80. The molecule has 1 aliphatic rings. The monoisotopic (exact) mass is 234 g/mol. The largest absolute Gasteiger partial charge is 0.486 e. The molecule has 0 N–H and O–H groups in total. The summed E-state index contributed by atoms with van der Waals surface area (Å²) in [6.45, 7) is 5.78. The van der Waals surface area contributed by atoms with Crippen LogP contribution < -0.4 is 4.74 Å². The average molecular weight is 234 g/mol. The van der Waals surface area contributed by atoms with Crippen molar-refractivity contribution in [2.45, 2.75) is 26.2 Å². The summed E-state index contributed by atoms with van der Waals surface area (Å²) in [5, 5.41) is 0. The van der Waals surface area contributed by atoms with E-state index < -0.39 is 0 Å². The first kappa shape index (κ1) is 12.1. The normalized spacial score (nSPS) is 19.3. The van der Waals surface area contributed by atoms with E-state index in [9.17, 15) is 4.79 Å². The summed E-state index contributed by atoms with van der Waals surface area (Å²) >= 11 is 0. The van der Waals surface area contributed by atoms with Crippen molar-refractivity contribution in [3.8, 4) is 5.75 Å². The Bertz CT molecular complexity index is 406. The Labute approximate surface area is 102 Å². The van der Waals surface area contributed by atoms with Gasteiger partial charge in [-0.15, -0.1) is 0 Å². The molecule has 0 aliphatic carbocycles. The Balaban J connectivity index is 2.35. The Morgan fingerprint density at radius 1 is 1.47 bits per heavy atom. The van der Waals surface area contributed by atoms with Gasteiger partial charge in [-0.25, -0.2) is 0 Å². The summed E-state index contributed by atoms with van der Waals surface area (Å²) in [7, 11) is 0. The molecule has 1 aromatic rings. The topological polar surface area (TPSA) is 35.5 Å². The van der Waals surface area contributed by atoms with Crippen LogP contribution in [-0.4, -0.2) is 26.1 Å². The molecule has 0 bridgehead atoms. The molecule has 0 aromatic heterocycles. The van der Waals surface area contributed by atoms with Gasteiger partial charge in [-0.3, -0.25) is 4.79 Å². The Morgan fingerprint density at radius 3 is 2.94 bits per heavy atom. The van der Waals surface area contributed by atoms with Crippen LogP contribution in [0.3, 0.4) is 0 Å². The second-order valence-electron chi connectivity index (χ2n) is 4.54. The van der Waals surface area contributed by atoms with Crippen LogP contribution in [0.25, 0.3) is 0 Å². The van der Waals surface area contributed by atoms with Gasteiger partial charge < -0.3 is 9.47 Å². The molecule has 0 saturated carbocycles. The highest BCUT2D eigenvalue weighted by Crippen LogP contribution is 2.35. The van der Waals surface area contributed by atoms with Crippen LogP contribution in [0.4, 0.5) is 0 Å². The van der Waals surface area contributed by atoms with E-state index in [0.717, 1.165) is 37.2 Å². The van der Waals surface area contributed by atoms with Crippen molar-refractivity contribution < 1.29 is 14.3 Å². The minimum atomic E-state index is 0.116. The van der Waals surface area contributed by atoms with Crippen molar-refractivity contribution in [2.24, 2.45) is 0 Å². The van der Waals surface area contributed by atoms with Crippen molar-refractivity contribution in [3.63, 3.8) is 0 Å². The fourth-order valence-corrected chi connectivity index (χ4v) is 2.38. The molecule has 1 heterocycles. The SMILES string of the molecule is Cc1cc(C)c(OCC=O)c(C2CCOC2)c1. The third-order valence-corrected chi connectivity index (χ3v) is 3.11. The summed E-state index contributed by atoms with van der Waals surface area (Å²) in [6.07, 6.45) is 1.81. The predicted molar refractivity (Wildman–Crippen MR) is 65.7 cm³/mol. The third-order valence-electron chi connectivity index (χ3n) is 3.11. The zero-order valence-electron chi connectivity index (χ0n) is 10.4. The minimum absolute atomic E-state index is 0.116. The maximum atomic E-state index is 10.4. The molecule has 1 atom stereocenters. The molecule has 1 aromatic carbocycles. The molecular formula is C14H18O3. The van der Waals surface area contributed by atoms with E-state index in [1.807, 2.05) is 6.92 Å². The molecule has 0 amide bonds. The lowest BCUT2D eigenvalue weighted by molar-refractivity contribution is -0.109. The summed E-state index contributed by atoms with van der Waals surface area (Å²) in [5.41, 5.74) is 3.50. The molecule has 3 nitrogen and oxygen atoms in total. The first-order valence-corrected chi connectivity index (χ1v) is 5.97. The van der Waals surface area contributed by atoms with Crippen molar-refractivity contribution >= 4 is 6.29 Å². The number of carbonyl (C=O) groups excluding carboxylic acids is 1. The van der Waals surface area contributed by atoms with Crippen molar-refractivity contribution in [2.75, 3.05) is 19.8 Å². The van der Waals surface area contributed by atoms with E-state index in [1.54, 1.807) is 0 Å². The Kier molecular flexibility index (Phi) is 3.79. The zero-order valence-corrected chi connectivity index (χ0v) is 10.4. The van der Waals surface area contributed by atoms with Crippen LogP contribution in [0.1, 0.15) is 29.0 Å². The third kappa shape index (κ3) is 2.67. The number of hydrogen-bond acceptors (Lipinski definition) is 3. The van der Waals surface area contributed by atoms with Gasteiger partial charge in [0.25, 0.3) is 0 Å². The molecule has 3 heteroatoms. The fourth-order valence-electron chi connectivity index (χ4n) is 2.38. The second-order valence-corrected chi connectivity index (χ2v) is 4.54. The first-order valence-electron chi connectivity index (χ1n) is 5.97. The molecule has 17 heavy (non-hydrogen) atoms. The molecule has 1 saturated heterocycles. The number of benzene rings is 1. The Morgan fingerprint density at radius 2 is 2.29 bits per heavy atom. The van der Waals surface area contributed by atoms with Crippen molar-refractivity contribution in [1.82, 2.24) is 0 Å². The van der Waals surface area contributed by atoms with Crippen LogP contribution >= 0.6 is 0 Å². The van der Waals surface area contributed by atoms with Gasteiger partial charge in [-0.05, 0) is 25.8 Å². The van der Waals surface area contributed by atoms with Gasteiger partial charge in [-0.2, -0.15) is 0 Å². The van der Waals surface area contributed by atoms with E-state index in [-0.39, 0.29) is 6.61 Å².